The molecule has 1 aromatic heterocycles. The number of fused-ring (bicyclic) bond motifs is 1. The summed E-state index contributed by atoms with van der Waals surface area (Å²) in [6, 6.07) is 11.1. The first-order chi connectivity index (χ1) is 16.3. The van der Waals surface area contributed by atoms with Crippen molar-refractivity contribution in [1.29, 1.82) is 0 Å². The minimum Gasteiger partial charge on any atom is -0.465 e. The van der Waals surface area contributed by atoms with Crippen molar-refractivity contribution >= 4 is 43.5 Å². The summed E-state index contributed by atoms with van der Waals surface area (Å²) in [4.78, 5) is 29.7. The SMILES string of the molecule is CCn1c(=NC(=O)c2ccc(S(=O)(=O)N3CCCC[C@@H]3C)cc2)sc2cc(C(=O)OC)ccc21. The van der Waals surface area contributed by atoms with Crippen LogP contribution in [0.1, 0.15) is 53.8 Å². The minimum absolute atomic E-state index is 0.0350. The number of nitrogens with zero attached hydrogens (tertiary/aromatic N) is 3. The van der Waals surface area contributed by atoms with Gasteiger partial charge in [-0.05, 0) is 69.2 Å². The lowest BCUT2D eigenvalue weighted by atomic mass is 10.1. The molecule has 0 aliphatic carbocycles. The quantitative estimate of drug-likeness (QED) is 0.495. The summed E-state index contributed by atoms with van der Waals surface area (Å²) >= 11 is 1.31. The van der Waals surface area contributed by atoms with E-state index in [1.807, 2.05) is 24.5 Å². The highest BCUT2D eigenvalue weighted by atomic mass is 32.2. The number of hydrogen-bond donors (Lipinski definition) is 0. The molecule has 2 heterocycles. The summed E-state index contributed by atoms with van der Waals surface area (Å²) in [7, 11) is -2.27. The van der Waals surface area contributed by atoms with E-state index in [0.29, 0.717) is 29.0 Å². The van der Waals surface area contributed by atoms with Crippen LogP contribution in [-0.2, 0) is 21.3 Å². The predicted molar refractivity (Wildman–Crippen MR) is 130 cm³/mol. The van der Waals surface area contributed by atoms with E-state index < -0.39 is 21.9 Å². The average molecular weight is 502 g/mol. The number of amides is 1. The Kier molecular flexibility index (Phi) is 7.01. The first-order valence-corrected chi connectivity index (χ1v) is 13.4. The number of aromatic nitrogens is 1. The zero-order valence-electron chi connectivity index (χ0n) is 19.4. The van der Waals surface area contributed by atoms with E-state index in [0.717, 1.165) is 29.5 Å². The summed E-state index contributed by atoms with van der Waals surface area (Å²) < 4.78 is 35.1. The van der Waals surface area contributed by atoms with E-state index >= 15 is 0 Å². The largest absolute Gasteiger partial charge is 0.465 e. The number of methoxy groups -OCH3 is 1. The van der Waals surface area contributed by atoms with Crippen molar-refractivity contribution in [2.75, 3.05) is 13.7 Å². The maximum absolute atomic E-state index is 13.0. The van der Waals surface area contributed by atoms with Crippen molar-refractivity contribution in [3.05, 3.63) is 58.4 Å². The fourth-order valence-corrected chi connectivity index (χ4v) is 7.03. The summed E-state index contributed by atoms with van der Waals surface area (Å²) in [6.45, 7) is 4.98. The van der Waals surface area contributed by atoms with Gasteiger partial charge >= 0.3 is 5.97 Å². The first kappa shape index (κ1) is 24.3. The lowest BCUT2D eigenvalue weighted by Crippen LogP contribution is -2.41. The van der Waals surface area contributed by atoms with Crippen LogP contribution < -0.4 is 4.80 Å². The third-order valence-electron chi connectivity index (χ3n) is 6.07. The van der Waals surface area contributed by atoms with Gasteiger partial charge in [0.05, 0.1) is 27.8 Å². The second kappa shape index (κ2) is 9.81. The Balaban J connectivity index is 1.64. The number of aryl methyl sites for hydroxylation is 1. The molecule has 4 rings (SSSR count). The topological polar surface area (TPSA) is 98.0 Å². The molecule has 0 N–H and O–H groups in total. The normalized spacial score (nSPS) is 17.7. The van der Waals surface area contributed by atoms with Gasteiger partial charge in [0.1, 0.15) is 0 Å². The van der Waals surface area contributed by atoms with Crippen LogP contribution in [0.2, 0.25) is 0 Å². The minimum atomic E-state index is -3.60. The van der Waals surface area contributed by atoms with Gasteiger partial charge in [-0.2, -0.15) is 9.30 Å². The highest BCUT2D eigenvalue weighted by Gasteiger charge is 2.30. The van der Waals surface area contributed by atoms with Crippen LogP contribution in [0.25, 0.3) is 10.2 Å². The highest BCUT2D eigenvalue weighted by Crippen LogP contribution is 2.25. The lowest BCUT2D eigenvalue weighted by Gasteiger charge is -2.32. The summed E-state index contributed by atoms with van der Waals surface area (Å²) in [6.07, 6.45) is 2.73. The Morgan fingerprint density at radius 2 is 1.82 bits per heavy atom. The van der Waals surface area contributed by atoms with Gasteiger partial charge in [0, 0.05) is 24.7 Å². The van der Waals surface area contributed by atoms with Crippen LogP contribution in [0.5, 0.6) is 0 Å². The Hall–Kier alpha value is -2.82. The molecular formula is C24H27N3O5S2. The molecule has 3 aromatic rings. The standard InChI is InChI=1S/C24H27N3O5S2/c1-4-26-20-13-10-18(23(29)32-3)15-21(20)33-24(26)25-22(28)17-8-11-19(12-9-17)34(30,31)27-14-6-5-7-16(27)2/h8-13,15-16H,4-7,14H2,1-3H3/t16-/m0/s1. The molecule has 0 saturated carbocycles. The molecular weight excluding hydrogens is 474 g/mol. The third kappa shape index (κ3) is 4.57. The molecule has 1 aliphatic rings. The van der Waals surface area contributed by atoms with Gasteiger partial charge in [-0.25, -0.2) is 13.2 Å². The number of rotatable bonds is 5. The molecule has 1 fully saturated rings. The van der Waals surface area contributed by atoms with Gasteiger partial charge < -0.3 is 9.30 Å². The van der Waals surface area contributed by atoms with Crippen molar-refractivity contribution in [2.24, 2.45) is 4.99 Å². The number of carbonyl (C=O) groups excluding carboxylic acids is 2. The van der Waals surface area contributed by atoms with Crippen molar-refractivity contribution in [3.63, 3.8) is 0 Å². The fraction of sp³-hybridized carbons (Fsp3) is 0.375. The Morgan fingerprint density at radius 3 is 2.47 bits per heavy atom. The highest BCUT2D eigenvalue weighted by molar-refractivity contribution is 7.89. The van der Waals surface area contributed by atoms with Gasteiger partial charge in [0.25, 0.3) is 5.91 Å². The van der Waals surface area contributed by atoms with Crippen LogP contribution in [0, 0.1) is 0 Å². The zero-order chi connectivity index (χ0) is 24.5. The van der Waals surface area contributed by atoms with Crippen LogP contribution in [0.15, 0.2) is 52.4 Å². The molecule has 180 valence electrons. The monoisotopic (exact) mass is 501 g/mol. The van der Waals surface area contributed by atoms with Gasteiger partial charge in [-0.15, -0.1) is 0 Å². The molecule has 1 saturated heterocycles. The van der Waals surface area contributed by atoms with E-state index in [1.165, 1.54) is 42.7 Å². The molecule has 1 aliphatic heterocycles. The van der Waals surface area contributed by atoms with E-state index in [2.05, 4.69) is 4.99 Å². The summed E-state index contributed by atoms with van der Waals surface area (Å²) in [5, 5.41) is 0. The van der Waals surface area contributed by atoms with Crippen LogP contribution in [-0.4, -0.2) is 48.9 Å². The van der Waals surface area contributed by atoms with Gasteiger partial charge in [-0.3, -0.25) is 4.79 Å². The van der Waals surface area contributed by atoms with Gasteiger partial charge in [0.15, 0.2) is 4.80 Å². The molecule has 0 radical (unpaired) electrons. The predicted octanol–water partition coefficient (Wildman–Crippen LogP) is 3.81. The Morgan fingerprint density at radius 1 is 1.12 bits per heavy atom. The van der Waals surface area contributed by atoms with Crippen molar-refractivity contribution < 1.29 is 22.7 Å². The van der Waals surface area contributed by atoms with E-state index in [-0.39, 0.29) is 10.9 Å². The number of carbonyl (C=O) groups is 2. The van der Waals surface area contributed by atoms with Crippen LogP contribution in [0.4, 0.5) is 0 Å². The average Bonchev–Trinajstić information content (AvgIpc) is 3.19. The van der Waals surface area contributed by atoms with Gasteiger partial charge in [-0.1, -0.05) is 17.8 Å². The second-order valence-corrected chi connectivity index (χ2v) is 11.1. The van der Waals surface area contributed by atoms with E-state index in [1.54, 1.807) is 16.4 Å². The molecule has 0 unspecified atom stereocenters. The molecule has 0 spiro atoms. The zero-order valence-corrected chi connectivity index (χ0v) is 21.0. The maximum atomic E-state index is 13.0. The molecule has 10 heteroatoms. The number of thiazole rings is 1. The Labute approximate surface area is 202 Å². The molecule has 1 atom stereocenters. The van der Waals surface area contributed by atoms with Crippen molar-refractivity contribution in [2.45, 2.75) is 50.6 Å². The third-order valence-corrected chi connectivity index (χ3v) is 9.14. The van der Waals surface area contributed by atoms with E-state index in [4.69, 9.17) is 4.74 Å². The fourth-order valence-electron chi connectivity index (χ4n) is 4.19. The molecule has 34 heavy (non-hydrogen) atoms. The summed E-state index contributed by atoms with van der Waals surface area (Å²) in [5.41, 5.74) is 1.60. The lowest BCUT2D eigenvalue weighted by molar-refractivity contribution is 0.0600. The second-order valence-electron chi connectivity index (χ2n) is 8.20. The first-order valence-electron chi connectivity index (χ1n) is 11.2. The number of esters is 1. The molecule has 1 amide bonds. The number of sulfonamides is 1. The van der Waals surface area contributed by atoms with E-state index in [9.17, 15) is 18.0 Å². The van der Waals surface area contributed by atoms with Crippen molar-refractivity contribution in [3.8, 4) is 0 Å². The number of ether oxygens (including phenoxy) is 1. The molecule has 0 bridgehead atoms. The van der Waals surface area contributed by atoms with Crippen LogP contribution in [0.3, 0.4) is 0 Å². The maximum Gasteiger partial charge on any atom is 0.337 e. The molecule has 2 aromatic carbocycles. The Bertz CT molecular complexity index is 1400. The number of benzene rings is 2. The molecule has 8 nitrogen and oxygen atoms in total. The number of piperidine rings is 1. The smallest absolute Gasteiger partial charge is 0.337 e. The van der Waals surface area contributed by atoms with Crippen molar-refractivity contribution in [1.82, 2.24) is 8.87 Å². The number of hydrogen-bond acceptors (Lipinski definition) is 6. The van der Waals surface area contributed by atoms with Gasteiger partial charge in [0.2, 0.25) is 10.0 Å². The van der Waals surface area contributed by atoms with Crippen LogP contribution >= 0.6 is 11.3 Å². The summed E-state index contributed by atoms with van der Waals surface area (Å²) in [5.74, 6) is -0.890.